The van der Waals surface area contributed by atoms with Crippen LogP contribution in [0.1, 0.15) is 34.1 Å². The molecule has 0 aromatic rings. The fraction of sp³-hybridized carbons (Fsp3) is 1.00. The predicted octanol–water partition coefficient (Wildman–Crippen LogP) is 1.62. The van der Waals surface area contributed by atoms with Gasteiger partial charge in [-0.15, -0.1) is 0 Å². The molecule has 2 heteroatoms. The third kappa shape index (κ3) is 6.62. The quantitative estimate of drug-likeness (QED) is 0.658. The van der Waals surface area contributed by atoms with Crippen molar-refractivity contribution in [1.82, 2.24) is 10.6 Å². The second-order valence-electron chi connectivity index (χ2n) is 4.46. The Morgan fingerprint density at radius 2 is 1.75 bits per heavy atom. The van der Waals surface area contributed by atoms with E-state index in [0.29, 0.717) is 0 Å². The summed E-state index contributed by atoms with van der Waals surface area (Å²) >= 11 is 0. The molecule has 0 aliphatic heterocycles. The maximum absolute atomic E-state index is 3.52. The van der Waals surface area contributed by atoms with Crippen LogP contribution < -0.4 is 10.6 Å². The topological polar surface area (TPSA) is 24.1 Å². The lowest BCUT2D eigenvalue weighted by Gasteiger charge is -2.24. The molecule has 0 saturated carbocycles. The highest BCUT2D eigenvalue weighted by molar-refractivity contribution is 4.73. The molecule has 2 nitrogen and oxygen atoms in total. The van der Waals surface area contributed by atoms with Gasteiger partial charge >= 0.3 is 0 Å². The van der Waals surface area contributed by atoms with Gasteiger partial charge in [-0.2, -0.15) is 0 Å². The first-order chi connectivity index (χ1) is 5.49. The van der Waals surface area contributed by atoms with Crippen LogP contribution in [0.15, 0.2) is 0 Å². The highest BCUT2D eigenvalue weighted by atomic mass is 15.0. The molecule has 0 amide bonds. The number of nitrogens with one attached hydrogen (secondary N) is 2. The molecule has 1 atom stereocenters. The van der Waals surface area contributed by atoms with E-state index >= 15 is 0 Å². The first-order valence-electron chi connectivity index (χ1n) is 4.89. The molecule has 1 unspecified atom stereocenters. The zero-order valence-electron chi connectivity index (χ0n) is 9.20. The summed E-state index contributed by atoms with van der Waals surface area (Å²) in [6, 6.07) is 0. The molecule has 0 bridgehead atoms. The van der Waals surface area contributed by atoms with Crippen LogP contribution >= 0.6 is 0 Å². The summed E-state index contributed by atoms with van der Waals surface area (Å²) in [6.45, 7) is 11.1. The molecule has 0 aromatic carbocycles. The van der Waals surface area contributed by atoms with Gasteiger partial charge in [0.1, 0.15) is 0 Å². The lowest BCUT2D eigenvalue weighted by Crippen LogP contribution is -2.40. The van der Waals surface area contributed by atoms with Crippen molar-refractivity contribution in [3.8, 4) is 0 Å². The summed E-state index contributed by atoms with van der Waals surface area (Å²) in [7, 11) is 2.01. The van der Waals surface area contributed by atoms with E-state index in [-0.39, 0.29) is 5.54 Å². The van der Waals surface area contributed by atoms with E-state index in [9.17, 15) is 0 Å². The largest absolute Gasteiger partial charge is 0.319 e. The molecule has 0 heterocycles. The van der Waals surface area contributed by atoms with E-state index in [1.54, 1.807) is 0 Å². The molecule has 0 radical (unpaired) electrons. The van der Waals surface area contributed by atoms with Crippen LogP contribution in [0.25, 0.3) is 0 Å². The molecular formula is C10H24N2. The third-order valence-corrected chi connectivity index (χ3v) is 1.99. The maximum atomic E-state index is 3.52. The van der Waals surface area contributed by atoms with Crippen molar-refractivity contribution >= 4 is 0 Å². The van der Waals surface area contributed by atoms with Gasteiger partial charge in [0.25, 0.3) is 0 Å². The van der Waals surface area contributed by atoms with Crippen LogP contribution in [0.5, 0.6) is 0 Å². The standard InChI is InChI=1S/C10H24N2/c1-6-9(7-11-5)8-12-10(2,3)4/h9,11-12H,6-8H2,1-5H3. The molecule has 74 valence electrons. The Morgan fingerprint density at radius 1 is 1.17 bits per heavy atom. The molecule has 0 rings (SSSR count). The van der Waals surface area contributed by atoms with Crippen LogP contribution in [0.4, 0.5) is 0 Å². The summed E-state index contributed by atoms with van der Waals surface area (Å²) in [6.07, 6.45) is 1.24. The third-order valence-electron chi connectivity index (χ3n) is 1.99. The average molecular weight is 172 g/mol. The Labute approximate surface area is 77.1 Å². The van der Waals surface area contributed by atoms with Gasteiger partial charge in [-0.25, -0.2) is 0 Å². The van der Waals surface area contributed by atoms with E-state index in [1.165, 1.54) is 6.42 Å². The van der Waals surface area contributed by atoms with Crippen LogP contribution in [0.3, 0.4) is 0 Å². The molecular weight excluding hydrogens is 148 g/mol. The minimum atomic E-state index is 0.251. The van der Waals surface area contributed by atoms with Crippen LogP contribution in [0, 0.1) is 5.92 Å². The van der Waals surface area contributed by atoms with Crippen molar-refractivity contribution < 1.29 is 0 Å². The van der Waals surface area contributed by atoms with Crippen molar-refractivity contribution in [1.29, 1.82) is 0 Å². The van der Waals surface area contributed by atoms with Gasteiger partial charge in [0.15, 0.2) is 0 Å². The predicted molar refractivity (Wildman–Crippen MR) is 55.5 cm³/mol. The minimum Gasteiger partial charge on any atom is -0.319 e. The van der Waals surface area contributed by atoms with Gasteiger partial charge in [-0.05, 0) is 46.8 Å². The molecule has 2 N–H and O–H groups in total. The van der Waals surface area contributed by atoms with Crippen molar-refractivity contribution in [2.75, 3.05) is 20.1 Å². The van der Waals surface area contributed by atoms with Crippen molar-refractivity contribution in [3.63, 3.8) is 0 Å². The molecule has 0 aromatic heterocycles. The Balaban J connectivity index is 3.58. The highest BCUT2D eigenvalue weighted by Gasteiger charge is 2.11. The zero-order valence-corrected chi connectivity index (χ0v) is 9.20. The van der Waals surface area contributed by atoms with Gasteiger partial charge in [0.05, 0.1) is 0 Å². The zero-order chi connectivity index (χ0) is 9.61. The first kappa shape index (κ1) is 11.9. The van der Waals surface area contributed by atoms with Crippen molar-refractivity contribution in [3.05, 3.63) is 0 Å². The van der Waals surface area contributed by atoms with Gasteiger partial charge in [0.2, 0.25) is 0 Å². The maximum Gasteiger partial charge on any atom is 0.00966 e. The van der Waals surface area contributed by atoms with E-state index in [4.69, 9.17) is 0 Å². The second-order valence-corrected chi connectivity index (χ2v) is 4.46. The minimum absolute atomic E-state index is 0.251. The fourth-order valence-corrected chi connectivity index (χ4v) is 1.10. The van der Waals surface area contributed by atoms with Crippen LogP contribution in [0.2, 0.25) is 0 Å². The Kier molecular flexibility index (Phi) is 5.51. The summed E-state index contributed by atoms with van der Waals surface area (Å²) in [5.41, 5.74) is 0.251. The summed E-state index contributed by atoms with van der Waals surface area (Å²) in [5.74, 6) is 0.759. The Bertz CT molecular complexity index is 105. The van der Waals surface area contributed by atoms with Crippen molar-refractivity contribution in [2.24, 2.45) is 5.92 Å². The molecule has 0 aliphatic carbocycles. The van der Waals surface area contributed by atoms with E-state index in [2.05, 4.69) is 38.3 Å². The Morgan fingerprint density at radius 3 is 2.08 bits per heavy atom. The highest BCUT2D eigenvalue weighted by Crippen LogP contribution is 2.03. The van der Waals surface area contributed by atoms with Gasteiger partial charge in [-0.3, -0.25) is 0 Å². The Hall–Kier alpha value is -0.0800. The number of hydrogen-bond donors (Lipinski definition) is 2. The fourth-order valence-electron chi connectivity index (χ4n) is 1.10. The normalized spacial score (nSPS) is 14.8. The van der Waals surface area contributed by atoms with Crippen LogP contribution in [-0.4, -0.2) is 25.7 Å². The summed E-state index contributed by atoms with van der Waals surface area (Å²) in [4.78, 5) is 0. The lowest BCUT2D eigenvalue weighted by molar-refractivity contribution is 0.359. The second kappa shape index (κ2) is 5.55. The molecule has 0 spiro atoms. The van der Waals surface area contributed by atoms with Crippen LogP contribution in [-0.2, 0) is 0 Å². The van der Waals surface area contributed by atoms with Gasteiger partial charge < -0.3 is 10.6 Å². The monoisotopic (exact) mass is 172 g/mol. The molecule has 0 fully saturated rings. The SMILES string of the molecule is CCC(CNC)CNC(C)(C)C. The van der Waals surface area contributed by atoms with Crippen molar-refractivity contribution in [2.45, 2.75) is 39.7 Å². The average Bonchev–Trinajstić information content (AvgIpc) is 1.96. The number of hydrogen-bond acceptors (Lipinski definition) is 2. The first-order valence-corrected chi connectivity index (χ1v) is 4.89. The molecule has 12 heavy (non-hydrogen) atoms. The summed E-state index contributed by atoms with van der Waals surface area (Å²) in [5, 5.41) is 6.73. The van der Waals surface area contributed by atoms with E-state index in [0.717, 1.165) is 19.0 Å². The lowest BCUT2D eigenvalue weighted by atomic mass is 10.0. The number of rotatable bonds is 5. The van der Waals surface area contributed by atoms with Gasteiger partial charge in [-0.1, -0.05) is 13.3 Å². The smallest absolute Gasteiger partial charge is 0.00966 e. The molecule has 0 aliphatic rings. The van der Waals surface area contributed by atoms with E-state index in [1.807, 2.05) is 7.05 Å². The van der Waals surface area contributed by atoms with E-state index < -0.39 is 0 Å². The molecule has 0 saturated heterocycles. The summed E-state index contributed by atoms with van der Waals surface area (Å²) < 4.78 is 0. The van der Waals surface area contributed by atoms with Gasteiger partial charge in [0, 0.05) is 5.54 Å².